The Kier molecular flexibility index (Phi) is 3.99. The molecule has 0 N–H and O–H groups in total. The fourth-order valence-corrected chi connectivity index (χ4v) is 4.36. The molecule has 138 valence electrons. The zero-order valence-corrected chi connectivity index (χ0v) is 16.7. The van der Waals surface area contributed by atoms with Crippen molar-refractivity contribution in [3.8, 4) is 15.6 Å². The van der Waals surface area contributed by atoms with Gasteiger partial charge in [-0.05, 0) is 24.8 Å². The van der Waals surface area contributed by atoms with Gasteiger partial charge in [-0.15, -0.1) is 5.10 Å². The number of rotatable bonds is 3. The lowest BCUT2D eigenvalue weighted by Gasteiger charge is -2.06. The minimum absolute atomic E-state index is 0.167. The fraction of sp³-hybridized carbons (Fsp3) is 0.105. The molecule has 1 aromatic carbocycles. The summed E-state index contributed by atoms with van der Waals surface area (Å²) in [4.78, 5) is 27.5. The molecule has 0 fully saturated rings. The van der Waals surface area contributed by atoms with Crippen molar-refractivity contribution in [2.75, 3.05) is 6.26 Å². The Morgan fingerprint density at radius 2 is 1.93 bits per heavy atom. The van der Waals surface area contributed by atoms with E-state index in [9.17, 15) is 4.79 Å². The second kappa shape index (κ2) is 6.54. The Morgan fingerprint density at radius 1 is 1.11 bits per heavy atom. The average molecular weight is 406 g/mol. The summed E-state index contributed by atoms with van der Waals surface area (Å²) in [7, 11) is 0. The van der Waals surface area contributed by atoms with Crippen LogP contribution in [0.1, 0.15) is 5.69 Å². The predicted molar refractivity (Wildman–Crippen MR) is 112 cm³/mol. The van der Waals surface area contributed by atoms with Crippen LogP contribution in [0.5, 0.6) is 0 Å². The average Bonchev–Trinajstić information content (AvgIpc) is 3.36. The Hall–Kier alpha value is -3.04. The molecule has 0 unspecified atom stereocenters. The number of fused-ring (bicyclic) bond motifs is 3. The number of hydrogen-bond donors (Lipinski definition) is 0. The van der Waals surface area contributed by atoms with Crippen LogP contribution in [-0.4, -0.2) is 35.4 Å². The van der Waals surface area contributed by atoms with E-state index in [2.05, 4.69) is 20.1 Å². The van der Waals surface area contributed by atoms with Crippen LogP contribution in [0.25, 0.3) is 32.3 Å². The van der Waals surface area contributed by atoms with Gasteiger partial charge in [-0.1, -0.05) is 53.4 Å². The Morgan fingerprint density at radius 3 is 2.71 bits per heavy atom. The largest absolute Gasteiger partial charge is 0.268 e. The Bertz CT molecular complexity index is 1390. The van der Waals surface area contributed by atoms with Crippen molar-refractivity contribution in [3.05, 3.63) is 64.8 Å². The van der Waals surface area contributed by atoms with E-state index in [1.54, 1.807) is 21.5 Å². The first-order chi connectivity index (χ1) is 13.7. The van der Waals surface area contributed by atoms with Gasteiger partial charge in [0, 0.05) is 12.4 Å². The third kappa shape index (κ3) is 2.62. The van der Waals surface area contributed by atoms with Crippen molar-refractivity contribution in [3.63, 3.8) is 0 Å². The molecule has 0 spiro atoms. The SMILES string of the molecule is CSc1nc2nc(C)c3c(=O)n(-c4ncc(-c5ccccc5)s4)ccc3n2n1. The number of benzene rings is 1. The van der Waals surface area contributed by atoms with Gasteiger partial charge < -0.3 is 0 Å². The summed E-state index contributed by atoms with van der Waals surface area (Å²) in [5, 5.41) is 6.19. The van der Waals surface area contributed by atoms with E-state index in [4.69, 9.17) is 0 Å². The Labute approximate surface area is 167 Å². The summed E-state index contributed by atoms with van der Waals surface area (Å²) in [6.45, 7) is 1.82. The van der Waals surface area contributed by atoms with Crippen LogP contribution in [0.15, 0.2) is 58.7 Å². The van der Waals surface area contributed by atoms with E-state index < -0.39 is 0 Å². The van der Waals surface area contributed by atoms with Gasteiger partial charge in [0.05, 0.1) is 21.5 Å². The van der Waals surface area contributed by atoms with E-state index >= 15 is 0 Å². The number of pyridine rings is 1. The van der Waals surface area contributed by atoms with Gasteiger partial charge in [-0.3, -0.25) is 9.36 Å². The third-order valence-corrected chi connectivity index (χ3v) is 6.02. The van der Waals surface area contributed by atoms with Gasteiger partial charge in [0.2, 0.25) is 5.16 Å². The monoisotopic (exact) mass is 406 g/mol. The number of thioether (sulfide) groups is 1. The van der Waals surface area contributed by atoms with E-state index in [0.29, 0.717) is 32.7 Å². The molecule has 0 aliphatic heterocycles. The van der Waals surface area contributed by atoms with Gasteiger partial charge >= 0.3 is 0 Å². The molecule has 4 aromatic heterocycles. The molecule has 5 aromatic rings. The summed E-state index contributed by atoms with van der Waals surface area (Å²) < 4.78 is 3.18. The molecule has 0 radical (unpaired) electrons. The van der Waals surface area contributed by atoms with Crippen LogP contribution in [0.3, 0.4) is 0 Å². The fourth-order valence-electron chi connectivity index (χ4n) is 3.12. The number of aromatic nitrogens is 6. The highest BCUT2D eigenvalue weighted by atomic mass is 32.2. The first-order valence-electron chi connectivity index (χ1n) is 8.50. The Balaban J connectivity index is 1.71. The van der Waals surface area contributed by atoms with E-state index in [1.807, 2.05) is 49.6 Å². The van der Waals surface area contributed by atoms with Crippen LogP contribution in [0.4, 0.5) is 0 Å². The molecule has 0 saturated heterocycles. The lowest BCUT2D eigenvalue weighted by molar-refractivity contribution is 0.900. The zero-order valence-electron chi connectivity index (χ0n) is 15.0. The molecular weight excluding hydrogens is 392 g/mol. The molecule has 0 aliphatic carbocycles. The molecule has 5 rings (SSSR count). The van der Waals surface area contributed by atoms with Gasteiger partial charge in [-0.25, -0.2) is 9.97 Å². The van der Waals surface area contributed by atoms with Crippen LogP contribution in [0, 0.1) is 6.92 Å². The van der Waals surface area contributed by atoms with Crippen molar-refractivity contribution in [2.24, 2.45) is 0 Å². The van der Waals surface area contributed by atoms with Crippen molar-refractivity contribution in [2.45, 2.75) is 12.1 Å². The lowest BCUT2D eigenvalue weighted by atomic mass is 10.2. The first kappa shape index (κ1) is 17.1. The molecule has 0 bridgehead atoms. The van der Waals surface area contributed by atoms with Gasteiger partial charge in [0.25, 0.3) is 11.3 Å². The topological polar surface area (TPSA) is 78.0 Å². The first-order valence-corrected chi connectivity index (χ1v) is 10.5. The van der Waals surface area contributed by atoms with Crippen LogP contribution in [0.2, 0.25) is 0 Å². The minimum Gasteiger partial charge on any atom is -0.268 e. The summed E-state index contributed by atoms with van der Waals surface area (Å²) >= 11 is 2.91. The molecular formula is C19H14N6OS2. The highest BCUT2D eigenvalue weighted by molar-refractivity contribution is 7.98. The van der Waals surface area contributed by atoms with Crippen molar-refractivity contribution >= 4 is 39.8 Å². The summed E-state index contributed by atoms with van der Waals surface area (Å²) in [5.74, 6) is 0.493. The molecule has 0 aliphatic rings. The van der Waals surface area contributed by atoms with Crippen LogP contribution >= 0.6 is 23.1 Å². The minimum atomic E-state index is -0.167. The molecule has 0 saturated carbocycles. The molecule has 7 nitrogen and oxygen atoms in total. The van der Waals surface area contributed by atoms with Crippen LogP contribution < -0.4 is 5.56 Å². The standard InChI is InChI=1S/C19H14N6OS2/c1-11-15-13(25-17(21-11)22-18(23-25)27-2)8-9-24(16(15)26)19-20-10-14(28-19)12-6-4-3-5-7-12/h3-10H,1-2H3. The van der Waals surface area contributed by atoms with Crippen molar-refractivity contribution < 1.29 is 0 Å². The molecule has 9 heteroatoms. The predicted octanol–water partition coefficient (Wildman–Crippen LogP) is 3.58. The third-order valence-electron chi connectivity index (χ3n) is 4.44. The molecule has 0 amide bonds. The molecule has 0 atom stereocenters. The number of thiazole rings is 1. The van der Waals surface area contributed by atoms with Crippen molar-refractivity contribution in [1.29, 1.82) is 0 Å². The highest BCUT2D eigenvalue weighted by Crippen LogP contribution is 2.27. The lowest BCUT2D eigenvalue weighted by Crippen LogP contribution is -2.20. The number of aryl methyl sites for hydroxylation is 1. The number of nitrogens with zero attached hydrogens (tertiary/aromatic N) is 6. The summed E-state index contributed by atoms with van der Waals surface area (Å²) in [6.07, 6.45) is 5.43. The second-order valence-electron chi connectivity index (χ2n) is 6.13. The van der Waals surface area contributed by atoms with E-state index in [0.717, 1.165) is 10.4 Å². The smallest absolute Gasteiger partial charge is 0.268 e. The van der Waals surface area contributed by atoms with Crippen molar-refractivity contribution in [1.82, 2.24) is 29.1 Å². The summed E-state index contributed by atoms with van der Waals surface area (Å²) in [6, 6.07) is 11.9. The normalized spacial score (nSPS) is 11.5. The van der Waals surface area contributed by atoms with E-state index in [-0.39, 0.29) is 5.56 Å². The maximum atomic E-state index is 13.2. The number of hydrogen-bond acceptors (Lipinski definition) is 7. The zero-order chi connectivity index (χ0) is 19.3. The van der Waals surface area contributed by atoms with Gasteiger partial charge in [0.1, 0.15) is 0 Å². The maximum absolute atomic E-state index is 13.2. The summed E-state index contributed by atoms with van der Waals surface area (Å²) in [5.41, 5.74) is 2.23. The van der Waals surface area contributed by atoms with Crippen LogP contribution in [-0.2, 0) is 0 Å². The van der Waals surface area contributed by atoms with E-state index in [1.165, 1.54) is 23.1 Å². The molecule has 4 heterocycles. The van der Waals surface area contributed by atoms with Gasteiger partial charge in [0.15, 0.2) is 5.13 Å². The quantitative estimate of drug-likeness (QED) is 0.426. The maximum Gasteiger partial charge on any atom is 0.268 e. The van der Waals surface area contributed by atoms with Gasteiger partial charge in [-0.2, -0.15) is 9.50 Å². The highest BCUT2D eigenvalue weighted by Gasteiger charge is 2.16. The second-order valence-corrected chi connectivity index (χ2v) is 7.91. The molecule has 28 heavy (non-hydrogen) atoms.